The molecule has 2 aliphatic rings. The van der Waals surface area contributed by atoms with Crippen molar-refractivity contribution in [1.29, 1.82) is 0 Å². The monoisotopic (exact) mass is 547 g/mol. The molecule has 3 aromatic rings. The van der Waals surface area contributed by atoms with Gasteiger partial charge < -0.3 is 19.1 Å². The molecular formula is C31H41N5O4. The first-order valence-electron chi connectivity index (χ1n) is 14.4. The average Bonchev–Trinajstić information content (AvgIpc) is 3.34. The zero-order valence-electron chi connectivity index (χ0n) is 24.6. The molecule has 2 aromatic heterocycles. The molecule has 4 heterocycles. The van der Waals surface area contributed by atoms with Gasteiger partial charge in [0.2, 0.25) is 0 Å². The molecule has 1 aromatic carbocycles. The number of carbonyl (C=O) groups excluding carboxylic acids is 2. The van der Waals surface area contributed by atoms with Crippen molar-refractivity contribution in [2.75, 3.05) is 31.1 Å². The third kappa shape index (κ3) is 5.93. The second kappa shape index (κ2) is 11.1. The molecule has 2 saturated heterocycles. The topological polar surface area (TPSA) is 92.0 Å². The highest BCUT2D eigenvalue weighted by Crippen LogP contribution is 2.35. The number of benzene rings is 1. The van der Waals surface area contributed by atoms with E-state index in [2.05, 4.69) is 31.1 Å². The van der Waals surface area contributed by atoms with Gasteiger partial charge in [-0.1, -0.05) is 22.9 Å². The molecule has 9 nitrogen and oxygen atoms in total. The Labute approximate surface area is 236 Å². The molecule has 2 aliphatic heterocycles. The summed E-state index contributed by atoms with van der Waals surface area (Å²) in [5.41, 5.74) is 2.53. The molecule has 5 rings (SSSR count). The summed E-state index contributed by atoms with van der Waals surface area (Å²) in [6.07, 6.45) is 4.62. The van der Waals surface area contributed by atoms with Crippen LogP contribution in [0.25, 0.3) is 10.8 Å². The summed E-state index contributed by atoms with van der Waals surface area (Å²) in [7, 11) is 0. The van der Waals surface area contributed by atoms with E-state index >= 15 is 0 Å². The van der Waals surface area contributed by atoms with Gasteiger partial charge in [0.05, 0.1) is 11.7 Å². The first kappa shape index (κ1) is 27.9. The normalized spacial score (nSPS) is 18.7. The van der Waals surface area contributed by atoms with Crippen LogP contribution in [0.15, 0.2) is 35.0 Å². The Morgan fingerprint density at radius 1 is 1.02 bits per heavy atom. The number of ether oxygens (including phenoxy) is 1. The predicted octanol–water partition coefficient (Wildman–Crippen LogP) is 6.35. The fraction of sp³-hybridized carbons (Fsp3) is 0.548. The van der Waals surface area contributed by atoms with Crippen LogP contribution in [-0.2, 0) is 4.74 Å². The Balaban J connectivity index is 1.46. The van der Waals surface area contributed by atoms with E-state index in [0.29, 0.717) is 32.0 Å². The molecule has 0 unspecified atom stereocenters. The number of nitrogens with zero attached hydrogens (tertiary/aromatic N) is 5. The Morgan fingerprint density at radius 2 is 1.77 bits per heavy atom. The number of anilines is 1. The molecule has 40 heavy (non-hydrogen) atoms. The van der Waals surface area contributed by atoms with Crippen LogP contribution >= 0.6 is 0 Å². The van der Waals surface area contributed by atoms with Crippen LogP contribution in [0, 0.1) is 20.8 Å². The van der Waals surface area contributed by atoms with Gasteiger partial charge in [-0.25, -0.2) is 14.6 Å². The molecule has 0 N–H and O–H groups in total. The average molecular weight is 548 g/mol. The Bertz CT molecular complexity index is 1390. The Kier molecular flexibility index (Phi) is 7.75. The Morgan fingerprint density at radius 3 is 2.45 bits per heavy atom. The van der Waals surface area contributed by atoms with E-state index in [1.165, 1.54) is 5.56 Å². The number of aromatic nitrogens is 2. The number of hydrogen-bond acceptors (Lipinski definition) is 6. The summed E-state index contributed by atoms with van der Waals surface area (Å²) in [4.78, 5) is 37.8. The van der Waals surface area contributed by atoms with Gasteiger partial charge in [-0.2, -0.15) is 0 Å². The molecule has 0 spiro atoms. The SMILES string of the molecule is Cc1cc(C)c2c(N(C(=O)N3CCC(c4cc(C)no4)CC3)[C@@H]3CCCN(C(=O)OC(C)(C)C)C3)nccc2c1. The number of likely N-dealkylation sites (tertiary alicyclic amines) is 2. The highest BCUT2D eigenvalue weighted by Gasteiger charge is 2.38. The fourth-order valence-corrected chi connectivity index (χ4v) is 6.03. The number of carbonyl (C=O) groups is 2. The van der Waals surface area contributed by atoms with Gasteiger partial charge >= 0.3 is 12.1 Å². The smallest absolute Gasteiger partial charge is 0.410 e. The standard InChI is InChI=1S/C31H41N5O4/c1-20-16-21(2)27-24(17-20)9-12-32-28(27)36(25-8-7-13-35(19-25)30(38)39-31(4,5)6)29(37)34-14-10-23(11-15-34)26-18-22(3)33-40-26/h9,12,16-18,23,25H,7-8,10-11,13-15,19H2,1-6H3/t25-/m1/s1. The summed E-state index contributed by atoms with van der Waals surface area (Å²) in [6.45, 7) is 13.9. The van der Waals surface area contributed by atoms with E-state index in [9.17, 15) is 9.59 Å². The molecular weight excluding hydrogens is 506 g/mol. The summed E-state index contributed by atoms with van der Waals surface area (Å²) >= 11 is 0. The van der Waals surface area contributed by atoms with Crippen molar-refractivity contribution >= 4 is 28.7 Å². The lowest BCUT2D eigenvalue weighted by atomic mass is 9.94. The van der Waals surface area contributed by atoms with Gasteiger partial charge in [0.1, 0.15) is 17.2 Å². The summed E-state index contributed by atoms with van der Waals surface area (Å²) in [6, 6.07) is 7.97. The molecule has 214 valence electrons. The van der Waals surface area contributed by atoms with Crippen molar-refractivity contribution < 1.29 is 18.8 Å². The van der Waals surface area contributed by atoms with Gasteiger partial charge in [-0.3, -0.25) is 4.90 Å². The first-order valence-corrected chi connectivity index (χ1v) is 14.4. The first-order chi connectivity index (χ1) is 19.0. The van der Waals surface area contributed by atoms with Crippen LogP contribution < -0.4 is 4.90 Å². The molecule has 3 amide bonds. The molecule has 2 fully saturated rings. The van der Waals surface area contributed by atoms with Crippen LogP contribution in [0.5, 0.6) is 0 Å². The van der Waals surface area contributed by atoms with E-state index < -0.39 is 5.60 Å². The zero-order valence-corrected chi connectivity index (χ0v) is 24.6. The maximum Gasteiger partial charge on any atom is 0.410 e. The van der Waals surface area contributed by atoms with Crippen LogP contribution in [0.2, 0.25) is 0 Å². The lowest BCUT2D eigenvalue weighted by Gasteiger charge is -2.42. The molecule has 1 atom stereocenters. The van der Waals surface area contributed by atoms with Gasteiger partial charge in [-0.15, -0.1) is 0 Å². The van der Waals surface area contributed by atoms with E-state index in [1.807, 2.05) is 49.6 Å². The van der Waals surface area contributed by atoms with Crippen LogP contribution in [0.4, 0.5) is 15.4 Å². The minimum atomic E-state index is -0.585. The lowest BCUT2D eigenvalue weighted by Crippen LogP contribution is -2.56. The second-order valence-corrected chi connectivity index (χ2v) is 12.3. The van der Waals surface area contributed by atoms with Gasteiger partial charge in [0.25, 0.3) is 0 Å². The van der Waals surface area contributed by atoms with E-state index in [4.69, 9.17) is 14.2 Å². The quantitative estimate of drug-likeness (QED) is 0.379. The molecule has 0 saturated carbocycles. The minimum absolute atomic E-state index is 0.0665. The number of pyridine rings is 1. The third-order valence-corrected chi connectivity index (χ3v) is 7.85. The number of hydrogen-bond donors (Lipinski definition) is 0. The number of urea groups is 1. The van der Waals surface area contributed by atoms with E-state index in [0.717, 1.165) is 53.5 Å². The minimum Gasteiger partial charge on any atom is -0.444 e. The van der Waals surface area contributed by atoms with Crippen molar-refractivity contribution in [3.63, 3.8) is 0 Å². The third-order valence-electron chi connectivity index (χ3n) is 7.85. The molecule has 9 heteroatoms. The summed E-state index contributed by atoms with van der Waals surface area (Å²) in [5, 5.41) is 6.08. The number of fused-ring (bicyclic) bond motifs is 1. The Hall–Kier alpha value is -3.62. The number of amides is 3. The largest absolute Gasteiger partial charge is 0.444 e. The van der Waals surface area contributed by atoms with Gasteiger partial charge in [-0.05, 0) is 84.2 Å². The van der Waals surface area contributed by atoms with Crippen LogP contribution in [0.3, 0.4) is 0 Å². The van der Waals surface area contributed by atoms with Crippen molar-refractivity contribution in [3.05, 3.63) is 53.0 Å². The van der Waals surface area contributed by atoms with Crippen molar-refractivity contribution in [2.24, 2.45) is 0 Å². The van der Waals surface area contributed by atoms with Gasteiger partial charge in [0.15, 0.2) is 0 Å². The second-order valence-electron chi connectivity index (χ2n) is 12.3. The van der Waals surface area contributed by atoms with E-state index in [-0.39, 0.29) is 24.1 Å². The zero-order chi connectivity index (χ0) is 28.6. The van der Waals surface area contributed by atoms with Crippen molar-refractivity contribution in [1.82, 2.24) is 19.9 Å². The number of aryl methyl sites for hydroxylation is 3. The fourth-order valence-electron chi connectivity index (χ4n) is 6.03. The highest BCUT2D eigenvalue weighted by atomic mass is 16.6. The van der Waals surface area contributed by atoms with Crippen LogP contribution in [0.1, 0.15) is 75.0 Å². The van der Waals surface area contributed by atoms with Crippen LogP contribution in [-0.4, -0.2) is 69.9 Å². The molecule has 0 radical (unpaired) electrons. The van der Waals surface area contributed by atoms with Gasteiger partial charge in [0, 0.05) is 49.7 Å². The van der Waals surface area contributed by atoms with Crippen molar-refractivity contribution in [2.45, 2.75) is 84.8 Å². The molecule has 0 aliphatic carbocycles. The summed E-state index contributed by atoms with van der Waals surface area (Å²) < 4.78 is 11.2. The maximum absolute atomic E-state index is 14.4. The van der Waals surface area contributed by atoms with E-state index in [1.54, 1.807) is 11.1 Å². The highest BCUT2D eigenvalue weighted by molar-refractivity contribution is 6.03. The number of piperidine rings is 2. The number of rotatable bonds is 3. The lowest BCUT2D eigenvalue weighted by molar-refractivity contribution is 0.0197. The predicted molar refractivity (Wildman–Crippen MR) is 155 cm³/mol. The molecule has 0 bridgehead atoms. The summed E-state index contributed by atoms with van der Waals surface area (Å²) in [5.74, 6) is 1.80. The van der Waals surface area contributed by atoms with Crippen molar-refractivity contribution in [3.8, 4) is 0 Å². The maximum atomic E-state index is 14.4.